The molecule has 2 saturated heterocycles. The number of amides is 3. The molecule has 2 rings (SSSR count). The van der Waals surface area contributed by atoms with Gasteiger partial charge in [-0.05, 0) is 40.0 Å². The van der Waals surface area contributed by atoms with Gasteiger partial charge in [0.15, 0.2) is 0 Å². The first-order chi connectivity index (χ1) is 9.81. The molecule has 2 fully saturated rings. The highest BCUT2D eigenvalue weighted by molar-refractivity contribution is 5.87. The van der Waals surface area contributed by atoms with Crippen LogP contribution in [0.15, 0.2) is 0 Å². The number of carbonyl (C=O) groups excluding carboxylic acids is 2. The number of aliphatic carboxylic acids is 1. The molecule has 2 heterocycles. The highest BCUT2D eigenvalue weighted by Crippen LogP contribution is 2.41. The van der Waals surface area contributed by atoms with Crippen molar-refractivity contribution in [3.63, 3.8) is 0 Å². The third kappa shape index (κ3) is 3.11. The Balaban J connectivity index is 1.95. The standard InChI is InChI=1S/C14H23N3O4/c1-7(2)15-12(18)8(3)16-14(21)17-9-4-5-11(17)10(6-9)13(19)20/h7-11H,4-6H2,1-3H3,(H,15,18)(H,16,21)(H,19,20). The van der Waals surface area contributed by atoms with Crippen molar-refractivity contribution in [2.75, 3.05) is 0 Å². The maximum atomic E-state index is 12.3. The maximum absolute atomic E-state index is 12.3. The minimum absolute atomic E-state index is 0.0104. The van der Waals surface area contributed by atoms with Crippen molar-refractivity contribution in [1.82, 2.24) is 15.5 Å². The second-order valence-electron chi connectivity index (χ2n) is 6.22. The summed E-state index contributed by atoms with van der Waals surface area (Å²) < 4.78 is 0. The van der Waals surface area contributed by atoms with Crippen LogP contribution < -0.4 is 10.6 Å². The second-order valence-corrected chi connectivity index (χ2v) is 6.22. The molecular weight excluding hydrogens is 274 g/mol. The Morgan fingerprint density at radius 3 is 2.33 bits per heavy atom. The minimum atomic E-state index is -0.842. The summed E-state index contributed by atoms with van der Waals surface area (Å²) in [5, 5.41) is 14.6. The van der Waals surface area contributed by atoms with E-state index >= 15 is 0 Å². The zero-order valence-electron chi connectivity index (χ0n) is 12.6. The molecule has 7 nitrogen and oxygen atoms in total. The topological polar surface area (TPSA) is 98.7 Å². The number of nitrogens with one attached hydrogen (secondary N) is 2. The first-order valence-electron chi connectivity index (χ1n) is 7.43. The lowest BCUT2D eigenvalue weighted by Crippen LogP contribution is -2.52. The first kappa shape index (κ1) is 15.6. The highest BCUT2D eigenvalue weighted by Gasteiger charge is 2.51. The number of nitrogens with zero attached hydrogens (tertiary/aromatic N) is 1. The number of carbonyl (C=O) groups is 3. The normalized spacial score (nSPS) is 28.6. The third-order valence-electron chi connectivity index (χ3n) is 4.25. The van der Waals surface area contributed by atoms with Crippen LogP contribution in [0.4, 0.5) is 4.79 Å². The summed E-state index contributed by atoms with van der Waals surface area (Å²) >= 11 is 0. The van der Waals surface area contributed by atoms with Crippen LogP contribution >= 0.6 is 0 Å². The number of urea groups is 1. The Bertz CT molecular complexity index is 452. The van der Waals surface area contributed by atoms with Crippen LogP contribution in [0.2, 0.25) is 0 Å². The van der Waals surface area contributed by atoms with E-state index < -0.39 is 17.9 Å². The van der Waals surface area contributed by atoms with E-state index in [1.807, 2.05) is 13.8 Å². The van der Waals surface area contributed by atoms with E-state index in [9.17, 15) is 19.5 Å². The molecule has 2 bridgehead atoms. The van der Waals surface area contributed by atoms with Crippen molar-refractivity contribution in [2.45, 2.75) is 64.2 Å². The molecule has 0 radical (unpaired) electrons. The lowest BCUT2D eigenvalue weighted by atomic mass is 9.89. The van der Waals surface area contributed by atoms with Gasteiger partial charge in [-0.25, -0.2) is 4.79 Å². The number of carboxylic acid groups (broad SMARTS) is 1. The van der Waals surface area contributed by atoms with E-state index in [-0.39, 0.29) is 30.1 Å². The van der Waals surface area contributed by atoms with Gasteiger partial charge in [0.05, 0.1) is 5.92 Å². The fourth-order valence-electron chi connectivity index (χ4n) is 3.31. The van der Waals surface area contributed by atoms with Gasteiger partial charge in [-0.15, -0.1) is 0 Å². The van der Waals surface area contributed by atoms with Crippen LogP contribution in [0, 0.1) is 5.92 Å². The molecule has 21 heavy (non-hydrogen) atoms. The Labute approximate surface area is 124 Å². The van der Waals surface area contributed by atoms with Gasteiger partial charge in [-0.2, -0.15) is 0 Å². The molecule has 0 aromatic rings. The van der Waals surface area contributed by atoms with Gasteiger partial charge < -0.3 is 20.6 Å². The Morgan fingerprint density at radius 2 is 1.81 bits per heavy atom. The van der Waals surface area contributed by atoms with Gasteiger partial charge in [0, 0.05) is 18.1 Å². The third-order valence-corrected chi connectivity index (χ3v) is 4.25. The van der Waals surface area contributed by atoms with E-state index in [2.05, 4.69) is 10.6 Å². The van der Waals surface area contributed by atoms with E-state index in [0.717, 1.165) is 12.8 Å². The van der Waals surface area contributed by atoms with Crippen LogP contribution in [-0.2, 0) is 9.59 Å². The van der Waals surface area contributed by atoms with Crippen LogP contribution in [0.3, 0.4) is 0 Å². The van der Waals surface area contributed by atoms with E-state index in [4.69, 9.17) is 0 Å². The molecule has 0 saturated carbocycles. The molecule has 7 heteroatoms. The molecular formula is C14H23N3O4. The molecule has 2 aliphatic rings. The largest absolute Gasteiger partial charge is 0.481 e. The van der Waals surface area contributed by atoms with Crippen molar-refractivity contribution < 1.29 is 19.5 Å². The minimum Gasteiger partial charge on any atom is -0.481 e. The molecule has 4 atom stereocenters. The summed E-state index contributed by atoms with van der Waals surface area (Å²) in [5.74, 6) is -1.56. The van der Waals surface area contributed by atoms with E-state index in [1.165, 1.54) is 0 Å². The number of rotatable bonds is 4. The summed E-state index contributed by atoms with van der Waals surface area (Å²) in [6, 6.07) is -1.22. The summed E-state index contributed by atoms with van der Waals surface area (Å²) in [4.78, 5) is 36.9. The zero-order chi connectivity index (χ0) is 15.7. The van der Waals surface area contributed by atoms with Gasteiger partial charge >= 0.3 is 12.0 Å². The average molecular weight is 297 g/mol. The predicted octanol–water partition coefficient (Wildman–Crippen LogP) is 0.547. The number of hydrogen-bond acceptors (Lipinski definition) is 3. The predicted molar refractivity (Wildman–Crippen MR) is 75.7 cm³/mol. The van der Waals surface area contributed by atoms with Crippen molar-refractivity contribution in [3.8, 4) is 0 Å². The Kier molecular flexibility index (Phi) is 4.39. The number of carboxylic acids is 1. The molecule has 118 valence electrons. The summed E-state index contributed by atoms with van der Waals surface area (Å²) in [6.07, 6.45) is 2.08. The molecule has 0 spiro atoms. The second kappa shape index (κ2) is 5.91. The zero-order valence-corrected chi connectivity index (χ0v) is 12.6. The van der Waals surface area contributed by atoms with Crippen LogP contribution in [0.5, 0.6) is 0 Å². The molecule has 0 aromatic heterocycles. The van der Waals surface area contributed by atoms with E-state index in [1.54, 1.807) is 11.8 Å². The fraction of sp³-hybridized carbons (Fsp3) is 0.786. The van der Waals surface area contributed by atoms with Crippen molar-refractivity contribution in [3.05, 3.63) is 0 Å². The molecule has 0 aromatic carbocycles. The van der Waals surface area contributed by atoms with Gasteiger partial charge in [-0.3, -0.25) is 9.59 Å². The number of fused-ring (bicyclic) bond motifs is 2. The maximum Gasteiger partial charge on any atom is 0.318 e. The monoisotopic (exact) mass is 297 g/mol. The van der Waals surface area contributed by atoms with Crippen molar-refractivity contribution in [2.24, 2.45) is 5.92 Å². The van der Waals surface area contributed by atoms with Crippen LogP contribution in [0.25, 0.3) is 0 Å². The highest BCUT2D eigenvalue weighted by atomic mass is 16.4. The van der Waals surface area contributed by atoms with Gasteiger partial charge in [-0.1, -0.05) is 0 Å². The quantitative estimate of drug-likeness (QED) is 0.705. The lowest BCUT2D eigenvalue weighted by Gasteiger charge is -2.25. The number of hydrogen-bond donors (Lipinski definition) is 3. The lowest BCUT2D eigenvalue weighted by molar-refractivity contribution is -0.142. The summed E-state index contributed by atoms with van der Waals surface area (Å²) in [5.41, 5.74) is 0. The van der Waals surface area contributed by atoms with Gasteiger partial charge in [0.2, 0.25) is 5.91 Å². The SMILES string of the molecule is CC(C)NC(=O)C(C)NC(=O)N1C2CCC1C(C(=O)O)C2. The Hall–Kier alpha value is -1.79. The van der Waals surface area contributed by atoms with Crippen molar-refractivity contribution in [1.29, 1.82) is 0 Å². The van der Waals surface area contributed by atoms with E-state index in [0.29, 0.717) is 6.42 Å². The molecule has 3 N–H and O–H groups in total. The summed E-state index contributed by atoms with van der Waals surface area (Å²) in [7, 11) is 0. The molecule has 0 aliphatic carbocycles. The van der Waals surface area contributed by atoms with Crippen LogP contribution in [-0.4, -0.2) is 52.1 Å². The first-order valence-corrected chi connectivity index (χ1v) is 7.43. The molecule has 2 aliphatic heterocycles. The van der Waals surface area contributed by atoms with Crippen molar-refractivity contribution >= 4 is 17.9 Å². The van der Waals surface area contributed by atoms with Gasteiger partial charge in [0.25, 0.3) is 0 Å². The average Bonchev–Trinajstić information content (AvgIpc) is 2.94. The molecule has 4 unspecified atom stereocenters. The summed E-state index contributed by atoms with van der Waals surface area (Å²) in [6.45, 7) is 5.33. The fourth-order valence-corrected chi connectivity index (χ4v) is 3.31. The smallest absolute Gasteiger partial charge is 0.318 e. The molecule has 3 amide bonds. The van der Waals surface area contributed by atoms with Gasteiger partial charge in [0.1, 0.15) is 6.04 Å². The van der Waals surface area contributed by atoms with Crippen LogP contribution in [0.1, 0.15) is 40.0 Å². The Morgan fingerprint density at radius 1 is 1.14 bits per heavy atom.